The van der Waals surface area contributed by atoms with Crippen molar-refractivity contribution in [2.45, 2.75) is 64.0 Å². The number of nitrogens with zero attached hydrogens (tertiary/aromatic N) is 3. The lowest BCUT2D eigenvalue weighted by atomic mass is 10.1. The van der Waals surface area contributed by atoms with Gasteiger partial charge in [0.15, 0.2) is 0 Å². The van der Waals surface area contributed by atoms with Gasteiger partial charge in [0.1, 0.15) is 0 Å². The second-order valence-electron chi connectivity index (χ2n) is 7.93. The third kappa shape index (κ3) is 5.91. The average Bonchev–Trinajstić information content (AvgIpc) is 3.02. The summed E-state index contributed by atoms with van der Waals surface area (Å²) in [7, 11) is -1.34. The van der Waals surface area contributed by atoms with E-state index in [1.54, 1.807) is 20.0 Å². The van der Waals surface area contributed by atoms with E-state index in [0.29, 0.717) is 19.0 Å². The smallest absolute Gasteiger partial charge is 0.228 e. The van der Waals surface area contributed by atoms with Crippen LogP contribution in [0, 0.1) is 5.92 Å². The number of hydrogen-bond donors (Lipinski definition) is 0. The Bertz CT molecular complexity index is 811. The summed E-state index contributed by atoms with van der Waals surface area (Å²) in [6, 6.07) is 10.2. The average molecular weight is 392 g/mol. The number of benzene rings is 1. The molecule has 150 valence electrons. The molecule has 0 saturated carbocycles. The molecule has 0 amide bonds. The van der Waals surface area contributed by atoms with Gasteiger partial charge in [0.05, 0.1) is 17.1 Å². The maximum absolute atomic E-state index is 12.8. The predicted octanol–water partition coefficient (Wildman–Crippen LogP) is 3.79. The lowest BCUT2D eigenvalue weighted by Gasteiger charge is -2.20. The molecule has 6 heteroatoms. The third-order valence-corrected chi connectivity index (χ3v) is 6.84. The van der Waals surface area contributed by atoms with Gasteiger partial charge in [0, 0.05) is 13.1 Å². The van der Waals surface area contributed by atoms with Gasteiger partial charge in [-0.3, -0.25) is 0 Å². The number of imidazole rings is 1. The van der Waals surface area contributed by atoms with E-state index in [-0.39, 0.29) is 5.16 Å². The van der Waals surface area contributed by atoms with E-state index in [1.165, 1.54) is 5.56 Å². The van der Waals surface area contributed by atoms with Crippen molar-refractivity contribution in [1.82, 2.24) is 14.5 Å². The topological polar surface area (TPSA) is 55.2 Å². The minimum absolute atomic E-state index is 0.195. The highest BCUT2D eigenvalue weighted by molar-refractivity contribution is 7.91. The van der Waals surface area contributed by atoms with Crippen molar-refractivity contribution in [3.63, 3.8) is 0 Å². The van der Waals surface area contributed by atoms with Crippen LogP contribution in [-0.4, -0.2) is 41.7 Å². The van der Waals surface area contributed by atoms with Crippen LogP contribution in [0.15, 0.2) is 41.7 Å². The van der Waals surface area contributed by atoms with E-state index in [0.717, 1.165) is 25.1 Å². The fourth-order valence-electron chi connectivity index (χ4n) is 2.92. The molecule has 1 heterocycles. The molecule has 0 aliphatic carbocycles. The highest BCUT2D eigenvalue weighted by atomic mass is 32.2. The van der Waals surface area contributed by atoms with E-state index in [2.05, 4.69) is 42.9 Å². The molecule has 0 aliphatic heterocycles. The molecule has 0 aliphatic rings. The molecule has 0 spiro atoms. The van der Waals surface area contributed by atoms with Crippen LogP contribution in [0.5, 0.6) is 0 Å². The van der Waals surface area contributed by atoms with Crippen molar-refractivity contribution in [3.05, 3.63) is 47.8 Å². The van der Waals surface area contributed by atoms with Crippen molar-refractivity contribution in [2.24, 2.45) is 5.92 Å². The first kappa shape index (κ1) is 21.6. The fourth-order valence-corrected chi connectivity index (χ4v) is 4.05. The molecule has 27 heavy (non-hydrogen) atoms. The van der Waals surface area contributed by atoms with Gasteiger partial charge in [0.2, 0.25) is 15.0 Å². The zero-order valence-corrected chi connectivity index (χ0v) is 18.0. The molecular formula is C21H33N3O2S. The SMILES string of the molecule is CC(C)CCN(C)Cc1cnc(S(=O)(=O)C(C)C)n1CCc1ccccc1. The Morgan fingerprint density at radius 1 is 1.11 bits per heavy atom. The summed E-state index contributed by atoms with van der Waals surface area (Å²) in [4.78, 5) is 6.56. The Morgan fingerprint density at radius 2 is 1.78 bits per heavy atom. The quantitative estimate of drug-likeness (QED) is 0.618. The van der Waals surface area contributed by atoms with Crippen LogP contribution in [0.3, 0.4) is 0 Å². The number of aromatic nitrogens is 2. The van der Waals surface area contributed by atoms with E-state index >= 15 is 0 Å². The molecule has 0 fully saturated rings. The summed E-state index contributed by atoms with van der Waals surface area (Å²) in [5, 5.41) is -0.289. The minimum atomic E-state index is -3.42. The maximum atomic E-state index is 12.8. The normalized spacial score (nSPS) is 12.4. The van der Waals surface area contributed by atoms with Crippen LogP contribution >= 0.6 is 0 Å². The van der Waals surface area contributed by atoms with Gasteiger partial charge in [-0.05, 0) is 51.8 Å². The van der Waals surface area contributed by atoms with Gasteiger partial charge in [-0.1, -0.05) is 44.2 Å². The highest BCUT2D eigenvalue weighted by Crippen LogP contribution is 2.19. The van der Waals surface area contributed by atoms with Crippen LogP contribution < -0.4 is 0 Å². The van der Waals surface area contributed by atoms with Crippen molar-refractivity contribution in [3.8, 4) is 0 Å². The first-order valence-corrected chi connectivity index (χ1v) is 11.3. The van der Waals surface area contributed by atoms with E-state index < -0.39 is 15.1 Å². The Hall–Kier alpha value is -1.66. The number of sulfone groups is 1. The first-order valence-electron chi connectivity index (χ1n) is 9.72. The standard InChI is InChI=1S/C21H33N3O2S/c1-17(2)11-13-23(5)16-20-15-22-21(27(25,26)18(3)4)24(20)14-12-19-9-7-6-8-10-19/h6-10,15,17-18H,11-14,16H2,1-5H3. The van der Waals surface area contributed by atoms with Crippen LogP contribution in [0.1, 0.15) is 45.4 Å². The Balaban J connectivity index is 2.26. The minimum Gasteiger partial charge on any atom is -0.317 e. The number of rotatable bonds is 10. The van der Waals surface area contributed by atoms with Crippen molar-refractivity contribution in [2.75, 3.05) is 13.6 Å². The molecule has 1 aromatic heterocycles. The van der Waals surface area contributed by atoms with Crippen LogP contribution in [0.4, 0.5) is 0 Å². The van der Waals surface area contributed by atoms with Crippen molar-refractivity contribution < 1.29 is 8.42 Å². The third-order valence-electron chi connectivity index (χ3n) is 4.76. The molecule has 5 nitrogen and oxygen atoms in total. The zero-order valence-electron chi connectivity index (χ0n) is 17.2. The van der Waals surface area contributed by atoms with Gasteiger partial charge >= 0.3 is 0 Å². The molecular weight excluding hydrogens is 358 g/mol. The highest BCUT2D eigenvalue weighted by Gasteiger charge is 2.26. The Kier molecular flexibility index (Phi) is 7.62. The molecule has 2 rings (SSSR count). The van der Waals surface area contributed by atoms with Gasteiger partial charge < -0.3 is 9.47 Å². The molecule has 0 atom stereocenters. The van der Waals surface area contributed by atoms with Crippen LogP contribution in [-0.2, 0) is 29.3 Å². The molecule has 1 aromatic carbocycles. The maximum Gasteiger partial charge on any atom is 0.228 e. The monoisotopic (exact) mass is 391 g/mol. The van der Waals surface area contributed by atoms with Gasteiger partial charge in [0.25, 0.3) is 0 Å². The Morgan fingerprint density at radius 3 is 2.37 bits per heavy atom. The molecule has 0 saturated heterocycles. The second-order valence-corrected chi connectivity index (χ2v) is 10.3. The number of hydrogen-bond acceptors (Lipinski definition) is 4. The predicted molar refractivity (Wildman–Crippen MR) is 110 cm³/mol. The molecule has 0 radical (unpaired) electrons. The summed E-state index contributed by atoms with van der Waals surface area (Å²) in [6.07, 6.45) is 3.62. The van der Waals surface area contributed by atoms with Crippen LogP contribution in [0.2, 0.25) is 0 Å². The van der Waals surface area contributed by atoms with Crippen LogP contribution in [0.25, 0.3) is 0 Å². The summed E-state index contributed by atoms with van der Waals surface area (Å²) in [5.41, 5.74) is 2.15. The second kappa shape index (κ2) is 9.51. The molecule has 2 aromatic rings. The zero-order chi connectivity index (χ0) is 20.0. The van der Waals surface area contributed by atoms with Gasteiger partial charge in [-0.15, -0.1) is 0 Å². The van der Waals surface area contributed by atoms with E-state index in [1.807, 2.05) is 22.8 Å². The summed E-state index contributed by atoms with van der Waals surface area (Å²) < 4.78 is 27.5. The van der Waals surface area contributed by atoms with Crippen molar-refractivity contribution >= 4 is 9.84 Å². The Labute approximate surface area is 164 Å². The molecule has 0 unspecified atom stereocenters. The summed E-state index contributed by atoms with van der Waals surface area (Å²) in [6.45, 7) is 10.1. The molecule has 0 bridgehead atoms. The first-order chi connectivity index (χ1) is 12.7. The number of aryl methyl sites for hydroxylation is 1. The van der Waals surface area contributed by atoms with Gasteiger partial charge in [-0.2, -0.15) is 0 Å². The van der Waals surface area contributed by atoms with E-state index in [4.69, 9.17) is 0 Å². The fraction of sp³-hybridized carbons (Fsp3) is 0.571. The van der Waals surface area contributed by atoms with Crippen molar-refractivity contribution in [1.29, 1.82) is 0 Å². The van der Waals surface area contributed by atoms with E-state index in [9.17, 15) is 8.42 Å². The largest absolute Gasteiger partial charge is 0.317 e. The lowest BCUT2D eigenvalue weighted by Crippen LogP contribution is -2.24. The summed E-state index contributed by atoms with van der Waals surface area (Å²) >= 11 is 0. The lowest BCUT2D eigenvalue weighted by molar-refractivity contribution is 0.294. The summed E-state index contributed by atoms with van der Waals surface area (Å²) in [5.74, 6) is 0.646. The van der Waals surface area contributed by atoms with Gasteiger partial charge in [-0.25, -0.2) is 13.4 Å². The molecule has 0 N–H and O–H groups in total.